The average Bonchev–Trinajstić information content (AvgIpc) is 3.01. The van der Waals surface area contributed by atoms with Crippen molar-refractivity contribution < 1.29 is 27.5 Å². The predicted molar refractivity (Wildman–Crippen MR) is 98.1 cm³/mol. The number of carboxylic acid groups (broad SMARTS) is 1. The van der Waals surface area contributed by atoms with Gasteiger partial charge in [0.05, 0.1) is 11.4 Å². The minimum Gasteiger partial charge on any atom is -0.478 e. The van der Waals surface area contributed by atoms with Crippen LogP contribution in [0.5, 0.6) is 0 Å². The molecule has 0 bridgehead atoms. The number of carboxylic acids is 1. The molecule has 1 amide bonds. The summed E-state index contributed by atoms with van der Waals surface area (Å²) in [6.07, 6.45) is 0. The first kappa shape index (κ1) is 20.7. The van der Waals surface area contributed by atoms with Crippen molar-refractivity contribution in [1.82, 2.24) is 9.62 Å². The Labute approximate surface area is 157 Å². The molecule has 146 valence electrons. The normalized spacial score (nSPS) is 11.6. The van der Waals surface area contributed by atoms with Gasteiger partial charge in [0, 0.05) is 18.7 Å². The molecule has 0 aliphatic heterocycles. The van der Waals surface area contributed by atoms with Gasteiger partial charge in [-0.3, -0.25) is 4.79 Å². The summed E-state index contributed by atoms with van der Waals surface area (Å²) in [4.78, 5) is 23.4. The zero-order valence-electron chi connectivity index (χ0n) is 15.4. The molecule has 0 aliphatic rings. The van der Waals surface area contributed by atoms with Crippen LogP contribution >= 0.6 is 0 Å². The Bertz CT molecular complexity index is 945. The number of nitrogens with one attached hydrogen (secondary N) is 1. The second-order valence-electron chi connectivity index (χ2n) is 5.79. The second kappa shape index (κ2) is 8.36. The van der Waals surface area contributed by atoms with Gasteiger partial charge < -0.3 is 14.8 Å². The second-order valence-corrected chi connectivity index (χ2v) is 7.73. The molecule has 0 unspecified atom stereocenters. The highest BCUT2D eigenvalue weighted by Crippen LogP contribution is 2.18. The molecule has 0 radical (unpaired) electrons. The first-order valence-electron chi connectivity index (χ1n) is 8.41. The molecule has 27 heavy (non-hydrogen) atoms. The average molecular weight is 394 g/mol. The lowest BCUT2D eigenvalue weighted by Crippen LogP contribution is -2.31. The molecule has 0 saturated heterocycles. The maximum atomic E-state index is 12.6. The van der Waals surface area contributed by atoms with Gasteiger partial charge in [0.15, 0.2) is 0 Å². The predicted octanol–water partition coefficient (Wildman–Crippen LogP) is 2.25. The fourth-order valence-electron chi connectivity index (χ4n) is 2.62. The number of amides is 1. The largest absolute Gasteiger partial charge is 0.478 e. The molecule has 0 fully saturated rings. The number of benzene rings is 1. The van der Waals surface area contributed by atoms with Crippen LogP contribution in [-0.2, 0) is 16.6 Å². The highest BCUT2D eigenvalue weighted by molar-refractivity contribution is 7.89. The van der Waals surface area contributed by atoms with Crippen molar-refractivity contribution in [2.75, 3.05) is 13.1 Å². The molecule has 2 N–H and O–H groups in total. The lowest BCUT2D eigenvalue weighted by molar-refractivity contribution is 0.0694. The van der Waals surface area contributed by atoms with Gasteiger partial charge in [-0.05, 0) is 31.2 Å². The summed E-state index contributed by atoms with van der Waals surface area (Å²) in [6, 6.07) is 7.12. The number of hydrogen-bond acceptors (Lipinski definition) is 5. The molecule has 2 aromatic rings. The van der Waals surface area contributed by atoms with E-state index in [1.165, 1.54) is 41.6 Å². The van der Waals surface area contributed by atoms with Gasteiger partial charge in [-0.15, -0.1) is 0 Å². The van der Waals surface area contributed by atoms with Crippen LogP contribution < -0.4 is 5.32 Å². The van der Waals surface area contributed by atoms with E-state index < -0.39 is 21.9 Å². The first-order valence-corrected chi connectivity index (χ1v) is 9.85. The molecule has 2 rings (SSSR count). The number of rotatable bonds is 8. The van der Waals surface area contributed by atoms with Crippen molar-refractivity contribution in [3.05, 3.63) is 53.0 Å². The lowest BCUT2D eigenvalue weighted by Gasteiger charge is -2.18. The monoisotopic (exact) mass is 394 g/mol. The van der Waals surface area contributed by atoms with Crippen LogP contribution in [0, 0.1) is 6.92 Å². The van der Waals surface area contributed by atoms with E-state index in [0.29, 0.717) is 18.8 Å². The molecule has 0 spiro atoms. The van der Waals surface area contributed by atoms with Crippen molar-refractivity contribution in [3.63, 3.8) is 0 Å². The minimum atomic E-state index is -3.67. The van der Waals surface area contributed by atoms with Crippen LogP contribution in [0.4, 0.5) is 0 Å². The zero-order chi connectivity index (χ0) is 20.2. The Balaban J connectivity index is 2.16. The molecule has 9 heteroatoms. The summed E-state index contributed by atoms with van der Waals surface area (Å²) in [5.74, 6) is -1.05. The summed E-state index contributed by atoms with van der Waals surface area (Å²) >= 11 is 0. The summed E-state index contributed by atoms with van der Waals surface area (Å²) in [5, 5.41) is 11.6. The van der Waals surface area contributed by atoms with Crippen molar-refractivity contribution >= 4 is 21.9 Å². The number of nitrogens with zero attached hydrogens (tertiary/aromatic N) is 1. The molecular formula is C18H22N2O6S. The molecule has 1 aromatic carbocycles. The van der Waals surface area contributed by atoms with E-state index in [-0.39, 0.29) is 28.3 Å². The van der Waals surface area contributed by atoms with Crippen molar-refractivity contribution in [3.8, 4) is 0 Å². The molecular weight excluding hydrogens is 372 g/mol. The highest BCUT2D eigenvalue weighted by Gasteiger charge is 2.22. The standard InChI is InChI=1S/C18H22N2O6S/c1-4-20(5-2)27(24,25)15-8-6-7-13(9-15)17(21)19-11-14-10-16(18(22)23)12(3)26-14/h6-10H,4-5,11H2,1-3H3,(H,19,21)(H,22,23). The van der Waals surface area contributed by atoms with E-state index in [0.717, 1.165) is 0 Å². The Morgan fingerprint density at radius 3 is 2.41 bits per heavy atom. The van der Waals surface area contributed by atoms with E-state index in [1.807, 2.05) is 0 Å². The third-order valence-electron chi connectivity index (χ3n) is 4.06. The third kappa shape index (κ3) is 4.55. The summed E-state index contributed by atoms with van der Waals surface area (Å²) in [7, 11) is -3.67. The van der Waals surface area contributed by atoms with Gasteiger partial charge in [0.25, 0.3) is 5.91 Å². The number of sulfonamides is 1. The Hall–Kier alpha value is -2.65. The number of carbonyl (C=O) groups excluding carboxylic acids is 1. The maximum Gasteiger partial charge on any atom is 0.339 e. The highest BCUT2D eigenvalue weighted by atomic mass is 32.2. The molecule has 0 atom stereocenters. The van der Waals surface area contributed by atoms with Crippen LogP contribution in [0.25, 0.3) is 0 Å². The quantitative estimate of drug-likeness (QED) is 0.709. The Kier molecular flexibility index (Phi) is 6.40. The summed E-state index contributed by atoms with van der Waals surface area (Å²) in [6.45, 7) is 5.66. The van der Waals surface area contributed by atoms with E-state index in [4.69, 9.17) is 9.52 Å². The molecule has 0 aliphatic carbocycles. The Morgan fingerprint density at radius 2 is 1.85 bits per heavy atom. The van der Waals surface area contributed by atoms with Crippen LogP contribution in [0.2, 0.25) is 0 Å². The molecule has 1 aromatic heterocycles. The Morgan fingerprint density at radius 1 is 1.19 bits per heavy atom. The SMILES string of the molecule is CCN(CC)S(=O)(=O)c1cccc(C(=O)NCc2cc(C(=O)O)c(C)o2)c1. The third-order valence-corrected chi connectivity index (χ3v) is 6.11. The number of hydrogen-bond donors (Lipinski definition) is 2. The number of aromatic carboxylic acids is 1. The van der Waals surface area contributed by atoms with E-state index in [9.17, 15) is 18.0 Å². The van der Waals surface area contributed by atoms with Crippen LogP contribution in [0.1, 0.15) is 46.1 Å². The fourth-order valence-corrected chi connectivity index (χ4v) is 4.13. The van der Waals surface area contributed by atoms with E-state index >= 15 is 0 Å². The van der Waals surface area contributed by atoms with Crippen LogP contribution in [0.15, 0.2) is 39.6 Å². The van der Waals surface area contributed by atoms with Crippen molar-refractivity contribution in [2.45, 2.75) is 32.2 Å². The number of aryl methyl sites for hydroxylation is 1. The molecule has 1 heterocycles. The van der Waals surface area contributed by atoms with Gasteiger partial charge in [0.1, 0.15) is 17.1 Å². The van der Waals surface area contributed by atoms with Gasteiger partial charge in [0.2, 0.25) is 10.0 Å². The smallest absolute Gasteiger partial charge is 0.339 e. The number of carbonyl (C=O) groups is 2. The number of furan rings is 1. The summed E-state index contributed by atoms with van der Waals surface area (Å²) in [5.41, 5.74) is 0.219. The molecule has 8 nitrogen and oxygen atoms in total. The molecule has 0 saturated carbocycles. The van der Waals surface area contributed by atoms with Crippen molar-refractivity contribution in [2.24, 2.45) is 0 Å². The fraction of sp³-hybridized carbons (Fsp3) is 0.333. The minimum absolute atomic E-state index is 0.0139. The maximum absolute atomic E-state index is 12.6. The van der Waals surface area contributed by atoms with Crippen LogP contribution in [0.3, 0.4) is 0 Å². The van der Waals surface area contributed by atoms with E-state index in [1.54, 1.807) is 13.8 Å². The topological polar surface area (TPSA) is 117 Å². The summed E-state index contributed by atoms with van der Waals surface area (Å²) < 4.78 is 31.8. The van der Waals surface area contributed by atoms with Gasteiger partial charge in [-0.25, -0.2) is 13.2 Å². The lowest BCUT2D eigenvalue weighted by atomic mass is 10.2. The zero-order valence-corrected chi connectivity index (χ0v) is 16.2. The van der Waals surface area contributed by atoms with Gasteiger partial charge >= 0.3 is 5.97 Å². The first-order chi connectivity index (χ1) is 12.7. The van der Waals surface area contributed by atoms with E-state index in [2.05, 4.69) is 5.32 Å². The van der Waals surface area contributed by atoms with Crippen molar-refractivity contribution in [1.29, 1.82) is 0 Å². The van der Waals surface area contributed by atoms with Crippen LogP contribution in [-0.4, -0.2) is 42.8 Å². The van der Waals surface area contributed by atoms with Gasteiger partial charge in [-0.1, -0.05) is 19.9 Å². The van der Waals surface area contributed by atoms with Gasteiger partial charge in [-0.2, -0.15) is 4.31 Å².